The van der Waals surface area contributed by atoms with Crippen LogP contribution in [0.4, 0.5) is 0 Å². The van der Waals surface area contributed by atoms with E-state index in [2.05, 4.69) is 0 Å². The molecule has 1 aliphatic rings. The fourth-order valence-electron chi connectivity index (χ4n) is 1.51. The molecule has 1 N–H and O–H groups in total. The van der Waals surface area contributed by atoms with E-state index in [1.165, 1.54) is 7.11 Å². The van der Waals surface area contributed by atoms with Crippen molar-refractivity contribution in [1.29, 1.82) is 0 Å². The van der Waals surface area contributed by atoms with Crippen molar-refractivity contribution in [1.82, 2.24) is 0 Å². The highest BCUT2D eigenvalue weighted by Crippen LogP contribution is 2.53. The third-order valence-corrected chi connectivity index (χ3v) is 4.65. The lowest BCUT2D eigenvalue weighted by molar-refractivity contribution is -0.0380. The number of aliphatic hydroxyl groups is 1. The standard InChI is InChI=1S/C10H21O6P/c1-13-4-3-10(7-11)8-15-17(12,16-9-10)6-5-14-2/h11H,3-9H2,1-2H3. The van der Waals surface area contributed by atoms with Gasteiger partial charge in [0.1, 0.15) is 0 Å². The molecule has 0 unspecified atom stereocenters. The summed E-state index contributed by atoms with van der Waals surface area (Å²) in [5.74, 6) is 0. The minimum absolute atomic E-state index is 0.0688. The molecule has 1 saturated heterocycles. The molecule has 0 aromatic rings. The first-order valence-corrected chi connectivity index (χ1v) is 7.29. The predicted octanol–water partition coefficient (Wildman–Crippen LogP) is 0.888. The first kappa shape index (κ1) is 15.1. The van der Waals surface area contributed by atoms with E-state index in [0.29, 0.717) is 19.6 Å². The van der Waals surface area contributed by atoms with Crippen LogP contribution in [-0.4, -0.2) is 58.5 Å². The fourth-order valence-corrected chi connectivity index (χ4v) is 3.19. The molecule has 0 amide bonds. The van der Waals surface area contributed by atoms with Gasteiger partial charge in [0.15, 0.2) is 0 Å². The van der Waals surface area contributed by atoms with Gasteiger partial charge in [0.2, 0.25) is 0 Å². The highest BCUT2D eigenvalue weighted by atomic mass is 31.2. The fraction of sp³-hybridized carbons (Fsp3) is 1.00. The van der Waals surface area contributed by atoms with Gasteiger partial charge in [0, 0.05) is 26.2 Å². The van der Waals surface area contributed by atoms with Gasteiger partial charge < -0.3 is 23.6 Å². The smallest absolute Gasteiger partial charge is 0.333 e. The molecule has 1 aliphatic heterocycles. The highest BCUT2D eigenvalue weighted by Gasteiger charge is 2.41. The van der Waals surface area contributed by atoms with Gasteiger partial charge in [-0.05, 0) is 6.42 Å². The maximum absolute atomic E-state index is 12.0. The lowest BCUT2D eigenvalue weighted by Gasteiger charge is -2.38. The summed E-state index contributed by atoms with van der Waals surface area (Å²) in [4.78, 5) is 0. The molecule has 102 valence electrons. The molecule has 7 heteroatoms. The van der Waals surface area contributed by atoms with Gasteiger partial charge in [-0.15, -0.1) is 0 Å². The zero-order valence-corrected chi connectivity index (χ0v) is 11.3. The third-order valence-electron chi connectivity index (χ3n) is 2.88. The maximum atomic E-state index is 12.0. The van der Waals surface area contributed by atoms with Gasteiger partial charge in [-0.1, -0.05) is 0 Å². The SMILES string of the molecule is COCCC1(CO)COP(=O)(CCOC)OC1. The van der Waals surface area contributed by atoms with Crippen molar-refractivity contribution in [3.8, 4) is 0 Å². The van der Waals surface area contributed by atoms with Crippen LogP contribution in [0.5, 0.6) is 0 Å². The van der Waals surface area contributed by atoms with Crippen LogP contribution in [0.2, 0.25) is 0 Å². The van der Waals surface area contributed by atoms with Gasteiger partial charge >= 0.3 is 7.60 Å². The molecule has 0 atom stereocenters. The van der Waals surface area contributed by atoms with E-state index in [9.17, 15) is 9.67 Å². The van der Waals surface area contributed by atoms with E-state index >= 15 is 0 Å². The molecule has 0 aliphatic carbocycles. The van der Waals surface area contributed by atoms with Gasteiger partial charge in [-0.2, -0.15) is 0 Å². The third kappa shape index (κ3) is 4.32. The Morgan fingerprint density at radius 2 is 1.82 bits per heavy atom. The number of methoxy groups -OCH3 is 2. The molecule has 0 aromatic carbocycles. The first-order chi connectivity index (χ1) is 8.10. The van der Waals surface area contributed by atoms with Crippen LogP contribution in [0, 0.1) is 5.41 Å². The molecule has 0 spiro atoms. The minimum Gasteiger partial charge on any atom is -0.396 e. The second-order valence-corrected chi connectivity index (χ2v) is 6.46. The molecule has 1 rings (SSSR count). The number of ether oxygens (including phenoxy) is 2. The Labute approximate surface area is 102 Å². The predicted molar refractivity (Wildman–Crippen MR) is 62.3 cm³/mol. The van der Waals surface area contributed by atoms with Crippen molar-refractivity contribution in [3.63, 3.8) is 0 Å². The van der Waals surface area contributed by atoms with Crippen LogP contribution in [0.25, 0.3) is 0 Å². The van der Waals surface area contributed by atoms with Gasteiger partial charge in [-0.25, -0.2) is 0 Å². The number of hydrogen-bond acceptors (Lipinski definition) is 6. The average molecular weight is 268 g/mol. The molecule has 0 aromatic heterocycles. The molecule has 17 heavy (non-hydrogen) atoms. The average Bonchev–Trinajstić information content (AvgIpc) is 2.37. The molecule has 0 bridgehead atoms. The molecule has 6 nitrogen and oxygen atoms in total. The zero-order valence-electron chi connectivity index (χ0n) is 10.4. The van der Waals surface area contributed by atoms with E-state index < -0.39 is 13.0 Å². The summed E-state index contributed by atoms with van der Waals surface area (Å²) in [5.41, 5.74) is -0.503. The molecule has 1 fully saturated rings. The molecular weight excluding hydrogens is 247 g/mol. The number of rotatable bonds is 7. The zero-order chi connectivity index (χ0) is 12.8. The summed E-state index contributed by atoms with van der Waals surface area (Å²) in [6.45, 7) is 1.24. The molecular formula is C10H21O6P. The van der Waals surface area contributed by atoms with Crippen molar-refractivity contribution in [3.05, 3.63) is 0 Å². The van der Waals surface area contributed by atoms with Gasteiger partial charge in [-0.3, -0.25) is 4.57 Å². The summed E-state index contributed by atoms with van der Waals surface area (Å²) in [7, 11) is 0.0986. The van der Waals surface area contributed by atoms with Crippen LogP contribution in [0.15, 0.2) is 0 Å². The van der Waals surface area contributed by atoms with Crippen LogP contribution in [0.3, 0.4) is 0 Å². The minimum atomic E-state index is -3.03. The van der Waals surface area contributed by atoms with Crippen LogP contribution >= 0.6 is 7.60 Å². The number of hydrogen-bond donors (Lipinski definition) is 1. The van der Waals surface area contributed by atoms with E-state index in [1.54, 1.807) is 7.11 Å². The van der Waals surface area contributed by atoms with Crippen LogP contribution < -0.4 is 0 Å². The largest absolute Gasteiger partial charge is 0.396 e. The lowest BCUT2D eigenvalue weighted by atomic mass is 9.88. The van der Waals surface area contributed by atoms with E-state index in [-0.39, 0.29) is 26.0 Å². The van der Waals surface area contributed by atoms with Crippen LogP contribution in [0.1, 0.15) is 6.42 Å². The summed E-state index contributed by atoms with van der Waals surface area (Å²) in [6, 6.07) is 0. The van der Waals surface area contributed by atoms with Crippen molar-refractivity contribution >= 4 is 7.60 Å². The van der Waals surface area contributed by atoms with E-state index in [4.69, 9.17) is 18.5 Å². The Kier molecular flexibility index (Phi) is 6.06. The summed E-state index contributed by atoms with van der Waals surface area (Å²) < 4.78 is 32.5. The maximum Gasteiger partial charge on any atom is 0.333 e. The van der Waals surface area contributed by atoms with Crippen LogP contribution in [-0.2, 0) is 23.1 Å². The van der Waals surface area contributed by atoms with Gasteiger partial charge in [0.05, 0.1) is 32.6 Å². The number of aliphatic hydroxyl groups excluding tert-OH is 1. The van der Waals surface area contributed by atoms with Gasteiger partial charge in [0.25, 0.3) is 0 Å². The molecule has 0 saturated carbocycles. The highest BCUT2D eigenvalue weighted by molar-refractivity contribution is 7.53. The summed E-state index contributed by atoms with van der Waals surface area (Å²) >= 11 is 0. The Balaban J connectivity index is 2.49. The molecule has 1 heterocycles. The normalized spacial score (nSPS) is 33.8. The van der Waals surface area contributed by atoms with Crippen molar-refractivity contribution in [2.45, 2.75) is 6.42 Å². The topological polar surface area (TPSA) is 74.2 Å². The Morgan fingerprint density at radius 1 is 1.24 bits per heavy atom. The Morgan fingerprint density at radius 3 is 2.29 bits per heavy atom. The summed E-state index contributed by atoms with van der Waals surface area (Å²) in [6.07, 6.45) is 0.861. The van der Waals surface area contributed by atoms with Crippen molar-refractivity contribution in [2.24, 2.45) is 5.41 Å². The lowest BCUT2D eigenvalue weighted by Crippen LogP contribution is -2.40. The monoisotopic (exact) mass is 268 g/mol. The van der Waals surface area contributed by atoms with E-state index in [0.717, 1.165) is 0 Å². The summed E-state index contributed by atoms with van der Waals surface area (Å²) in [5, 5.41) is 9.38. The quantitative estimate of drug-likeness (QED) is 0.691. The van der Waals surface area contributed by atoms with Crippen molar-refractivity contribution < 1.29 is 28.2 Å². The first-order valence-electron chi connectivity index (χ1n) is 5.57. The molecule has 0 radical (unpaired) electrons. The van der Waals surface area contributed by atoms with Crippen molar-refractivity contribution in [2.75, 3.05) is 53.4 Å². The second kappa shape index (κ2) is 6.83. The van der Waals surface area contributed by atoms with E-state index in [1.807, 2.05) is 0 Å². The Hall–Kier alpha value is 0.0300. The second-order valence-electron chi connectivity index (χ2n) is 4.28. The Bertz CT molecular complexity index is 258.